The Hall–Kier alpha value is -3.32. The van der Waals surface area contributed by atoms with Crippen LogP contribution in [0, 0.1) is 6.92 Å². The first-order chi connectivity index (χ1) is 14.9. The summed E-state index contributed by atoms with van der Waals surface area (Å²) in [5.41, 5.74) is 9.79. The Labute approximate surface area is 182 Å². The number of benzene rings is 2. The number of hydrogen-bond acceptors (Lipinski definition) is 5. The normalized spacial score (nSPS) is 14.6. The lowest BCUT2D eigenvalue weighted by atomic mass is 9.91. The summed E-state index contributed by atoms with van der Waals surface area (Å²) >= 11 is 1.51. The Morgan fingerprint density at radius 2 is 1.90 bits per heavy atom. The highest BCUT2D eigenvalue weighted by Gasteiger charge is 2.45. The van der Waals surface area contributed by atoms with Gasteiger partial charge in [0.05, 0.1) is 18.0 Å². The first kappa shape index (κ1) is 19.6. The van der Waals surface area contributed by atoms with Gasteiger partial charge in [-0.15, -0.1) is 0 Å². The second-order valence-corrected chi connectivity index (χ2v) is 8.88. The molecule has 0 spiro atoms. The van der Waals surface area contributed by atoms with Crippen molar-refractivity contribution in [3.63, 3.8) is 0 Å². The van der Waals surface area contributed by atoms with E-state index >= 15 is 0 Å². The average Bonchev–Trinajstić information content (AvgIpc) is 3.39. The molecule has 6 nitrogen and oxygen atoms in total. The minimum Gasteiger partial charge on any atom is -0.496 e. The molecule has 1 saturated carbocycles. The number of methoxy groups -OCH3 is 1. The maximum atomic E-state index is 12.6. The molecule has 1 aliphatic rings. The Morgan fingerprint density at radius 1 is 1.19 bits per heavy atom. The monoisotopic (exact) mass is 434 g/mol. The fourth-order valence-corrected chi connectivity index (χ4v) is 5.20. The lowest BCUT2D eigenvalue weighted by molar-refractivity contribution is 0.145. The van der Waals surface area contributed by atoms with E-state index < -0.39 is 6.09 Å². The molecule has 1 amide bonds. The number of hydrogen-bond donors (Lipinski definition) is 2. The summed E-state index contributed by atoms with van der Waals surface area (Å²) in [7, 11) is 1.66. The standard InChI is InChI=1S/C24H22N2O4S/c1-13-9-18(29-2)19(20-16-10-31-11-17(16)22(27)26-21(13)20)14-3-5-15(6-4-14)24(7-8-24)12-30-23(25)28/h3-6,9-11H,7-8,12H2,1-2H3,(H2,25,28)(H,26,27). The highest BCUT2D eigenvalue weighted by molar-refractivity contribution is 7.09. The number of thiophene rings is 1. The van der Waals surface area contributed by atoms with E-state index in [-0.39, 0.29) is 11.0 Å². The van der Waals surface area contributed by atoms with Crippen LogP contribution < -0.4 is 16.0 Å². The number of aromatic nitrogens is 1. The molecule has 0 unspecified atom stereocenters. The van der Waals surface area contributed by atoms with Crippen LogP contribution in [0.3, 0.4) is 0 Å². The van der Waals surface area contributed by atoms with Crippen LogP contribution in [0.2, 0.25) is 0 Å². The number of pyridine rings is 1. The number of primary amides is 1. The number of carbonyl (C=O) groups excluding carboxylic acids is 1. The van der Waals surface area contributed by atoms with Crippen LogP contribution in [0.5, 0.6) is 5.75 Å². The molecule has 0 bridgehead atoms. The molecule has 4 aromatic rings. The zero-order chi connectivity index (χ0) is 21.8. The highest BCUT2D eigenvalue weighted by atomic mass is 32.1. The van der Waals surface area contributed by atoms with E-state index in [1.165, 1.54) is 11.3 Å². The SMILES string of the molecule is COc1cc(C)c2[nH]c(=O)c3cscc3c2c1-c1ccc(C2(COC(N)=O)CC2)cc1. The van der Waals surface area contributed by atoms with E-state index in [9.17, 15) is 9.59 Å². The highest BCUT2D eigenvalue weighted by Crippen LogP contribution is 2.49. The molecule has 2 heterocycles. The summed E-state index contributed by atoms with van der Waals surface area (Å²) in [5.74, 6) is 0.760. The quantitative estimate of drug-likeness (QED) is 0.469. The molecule has 1 fully saturated rings. The van der Waals surface area contributed by atoms with Crippen LogP contribution >= 0.6 is 11.3 Å². The van der Waals surface area contributed by atoms with Gasteiger partial charge in [-0.3, -0.25) is 4.79 Å². The molecular formula is C24H22N2O4S. The topological polar surface area (TPSA) is 94.4 Å². The van der Waals surface area contributed by atoms with Gasteiger partial charge in [0, 0.05) is 27.1 Å². The number of amides is 1. The largest absolute Gasteiger partial charge is 0.496 e. The summed E-state index contributed by atoms with van der Waals surface area (Å²) < 4.78 is 10.8. The number of nitrogens with two attached hydrogens (primary N) is 1. The summed E-state index contributed by atoms with van der Waals surface area (Å²) in [6.07, 6.45) is 1.19. The van der Waals surface area contributed by atoms with E-state index in [0.717, 1.165) is 57.1 Å². The van der Waals surface area contributed by atoms with Gasteiger partial charge in [-0.25, -0.2) is 4.79 Å². The van der Waals surface area contributed by atoms with Gasteiger partial charge >= 0.3 is 6.09 Å². The van der Waals surface area contributed by atoms with Crippen molar-refractivity contribution in [1.29, 1.82) is 0 Å². The van der Waals surface area contributed by atoms with Gasteiger partial charge in [0.25, 0.3) is 5.56 Å². The lowest BCUT2D eigenvalue weighted by Crippen LogP contribution is -2.22. The third-order valence-corrected chi connectivity index (χ3v) is 7.00. The molecule has 2 aromatic carbocycles. The van der Waals surface area contributed by atoms with Crippen molar-refractivity contribution in [2.24, 2.45) is 5.73 Å². The summed E-state index contributed by atoms with van der Waals surface area (Å²) in [5, 5.41) is 6.50. The molecule has 0 aliphatic heterocycles. The van der Waals surface area contributed by atoms with E-state index in [2.05, 4.69) is 29.2 Å². The van der Waals surface area contributed by atoms with Gasteiger partial charge in [0.15, 0.2) is 0 Å². The number of H-pyrrole nitrogens is 1. The van der Waals surface area contributed by atoms with E-state index in [4.69, 9.17) is 15.2 Å². The van der Waals surface area contributed by atoms with Crippen molar-refractivity contribution in [3.05, 3.63) is 62.6 Å². The Morgan fingerprint density at radius 3 is 2.55 bits per heavy atom. The number of nitrogens with one attached hydrogen (secondary N) is 1. The number of aromatic amines is 1. The molecule has 7 heteroatoms. The third kappa shape index (κ3) is 3.16. The smallest absolute Gasteiger partial charge is 0.404 e. The van der Waals surface area contributed by atoms with Crippen LogP contribution in [-0.2, 0) is 10.2 Å². The summed E-state index contributed by atoms with van der Waals surface area (Å²) in [6.45, 7) is 2.27. The van der Waals surface area contributed by atoms with Crippen molar-refractivity contribution in [1.82, 2.24) is 4.98 Å². The van der Waals surface area contributed by atoms with Crippen LogP contribution in [0.4, 0.5) is 4.79 Å². The van der Waals surface area contributed by atoms with Crippen molar-refractivity contribution in [2.75, 3.05) is 13.7 Å². The predicted molar refractivity (Wildman–Crippen MR) is 123 cm³/mol. The van der Waals surface area contributed by atoms with Crippen LogP contribution in [-0.4, -0.2) is 24.8 Å². The molecule has 31 heavy (non-hydrogen) atoms. The van der Waals surface area contributed by atoms with Crippen LogP contribution in [0.25, 0.3) is 32.8 Å². The van der Waals surface area contributed by atoms with E-state index in [0.29, 0.717) is 12.0 Å². The first-order valence-electron chi connectivity index (χ1n) is 10.1. The molecule has 5 rings (SSSR count). The number of rotatable bonds is 5. The van der Waals surface area contributed by atoms with Crippen molar-refractivity contribution < 1.29 is 14.3 Å². The Bertz CT molecular complexity index is 1380. The molecule has 0 atom stereocenters. The molecule has 0 radical (unpaired) electrons. The fraction of sp³-hybridized carbons (Fsp3) is 0.250. The second kappa shape index (κ2) is 7.13. The molecular weight excluding hydrogens is 412 g/mol. The molecule has 0 saturated heterocycles. The van der Waals surface area contributed by atoms with Crippen molar-refractivity contribution in [3.8, 4) is 16.9 Å². The lowest BCUT2D eigenvalue weighted by Gasteiger charge is -2.18. The minimum atomic E-state index is -0.743. The van der Waals surface area contributed by atoms with Gasteiger partial charge in [0.1, 0.15) is 12.4 Å². The van der Waals surface area contributed by atoms with Gasteiger partial charge in [0.2, 0.25) is 0 Å². The van der Waals surface area contributed by atoms with Gasteiger partial charge < -0.3 is 20.2 Å². The summed E-state index contributed by atoms with van der Waals surface area (Å²) in [6, 6.07) is 10.2. The van der Waals surface area contributed by atoms with E-state index in [1.54, 1.807) is 7.11 Å². The maximum absolute atomic E-state index is 12.6. The van der Waals surface area contributed by atoms with Crippen LogP contribution in [0.1, 0.15) is 24.0 Å². The second-order valence-electron chi connectivity index (χ2n) is 8.14. The predicted octanol–water partition coefficient (Wildman–Crippen LogP) is 4.85. The zero-order valence-corrected chi connectivity index (χ0v) is 18.1. The number of aryl methyl sites for hydroxylation is 1. The molecule has 2 aromatic heterocycles. The fourth-order valence-electron chi connectivity index (χ4n) is 4.38. The summed E-state index contributed by atoms with van der Waals surface area (Å²) in [4.78, 5) is 26.6. The van der Waals surface area contributed by atoms with Crippen molar-refractivity contribution >= 4 is 39.1 Å². The average molecular weight is 435 g/mol. The Kier molecular flexibility index (Phi) is 4.51. The van der Waals surface area contributed by atoms with E-state index in [1.807, 2.05) is 23.8 Å². The molecule has 1 aliphatic carbocycles. The first-order valence-corrected chi connectivity index (χ1v) is 11.0. The number of carbonyl (C=O) groups is 1. The van der Waals surface area contributed by atoms with Gasteiger partial charge in [-0.2, -0.15) is 11.3 Å². The maximum Gasteiger partial charge on any atom is 0.404 e. The molecule has 158 valence electrons. The molecule has 3 N–H and O–H groups in total. The number of ether oxygens (including phenoxy) is 2. The minimum absolute atomic E-state index is 0.0801. The zero-order valence-electron chi connectivity index (χ0n) is 17.3. The van der Waals surface area contributed by atoms with Gasteiger partial charge in [-0.1, -0.05) is 24.3 Å². The third-order valence-electron chi connectivity index (χ3n) is 6.25. The van der Waals surface area contributed by atoms with Gasteiger partial charge in [-0.05, 0) is 47.9 Å². The Balaban J connectivity index is 1.68. The van der Waals surface area contributed by atoms with Crippen LogP contribution in [0.15, 0.2) is 45.9 Å². The van der Waals surface area contributed by atoms with Crippen molar-refractivity contribution in [2.45, 2.75) is 25.2 Å². The number of fused-ring (bicyclic) bond motifs is 3.